The predicted octanol–water partition coefficient (Wildman–Crippen LogP) is 4.13. The third-order valence-corrected chi connectivity index (χ3v) is 4.34. The molecule has 1 aromatic carbocycles. The molecule has 3 aromatic rings. The number of aromatic nitrogens is 4. The summed E-state index contributed by atoms with van der Waals surface area (Å²) in [6, 6.07) is 0.445. The minimum atomic E-state index is -2.78. The maximum absolute atomic E-state index is 13.8. The Hall–Kier alpha value is -3.31. The first-order valence-corrected chi connectivity index (χ1v) is 8.57. The van der Waals surface area contributed by atoms with Crippen LogP contribution in [0.2, 0.25) is 0 Å². The van der Waals surface area contributed by atoms with Crippen LogP contribution in [0.5, 0.6) is 0 Å². The maximum Gasteiger partial charge on any atom is 0.282 e. The average molecular weight is 431 g/mol. The summed E-state index contributed by atoms with van der Waals surface area (Å²) in [7, 11) is 0. The molecular weight excluding hydrogens is 416 g/mol. The zero-order valence-corrected chi connectivity index (χ0v) is 15.6. The Bertz CT molecular complexity index is 1090. The van der Waals surface area contributed by atoms with E-state index in [1.807, 2.05) is 0 Å². The van der Waals surface area contributed by atoms with Gasteiger partial charge in [-0.15, -0.1) is 0 Å². The van der Waals surface area contributed by atoms with E-state index in [-0.39, 0.29) is 11.8 Å². The van der Waals surface area contributed by atoms with E-state index in [0.29, 0.717) is 5.69 Å². The molecule has 0 bridgehead atoms. The van der Waals surface area contributed by atoms with Crippen molar-refractivity contribution in [2.45, 2.75) is 32.9 Å². The first-order valence-electron chi connectivity index (χ1n) is 8.57. The van der Waals surface area contributed by atoms with Gasteiger partial charge in [-0.1, -0.05) is 0 Å². The van der Waals surface area contributed by atoms with Crippen LogP contribution in [0, 0.1) is 30.2 Å². The molecule has 0 aliphatic carbocycles. The van der Waals surface area contributed by atoms with Gasteiger partial charge in [0.15, 0.2) is 17.5 Å². The molecule has 0 saturated heterocycles. The van der Waals surface area contributed by atoms with Crippen LogP contribution in [0.4, 0.5) is 32.0 Å². The highest BCUT2D eigenvalue weighted by Gasteiger charge is 2.22. The van der Waals surface area contributed by atoms with E-state index in [1.165, 1.54) is 26.2 Å². The summed E-state index contributed by atoms with van der Waals surface area (Å²) < 4.78 is 81.6. The molecule has 0 saturated carbocycles. The Morgan fingerprint density at radius 3 is 2.47 bits per heavy atom. The van der Waals surface area contributed by atoms with Crippen molar-refractivity contribution in [3.05, 3.63) is 64.7 Å². The standard InChI is InChI=1S/C18H15F6N5O/c1-8-3-14(17(23)24)27-29(8)9(2)18(30)26-10-5-25-28(6-10)7-11-12(19)4-13(20)16(22)15(11)21/h3-6,9,17H,7H2,1-2H3,(H,26,30). The van der Waals surface area contributed by atoms with Gasteiger partial charge in [0.05, 0.1) is 18.4 Å². The molecule has 1 N–H and O–H groups in total. The van der Waals surface area contributed by atoms with Crippen molar-refractivity contribution < 1.29 is 31.1 Å². The number of carbonyl (C=O) groups is 1. The number of rotatable bonds is 6. The van der Waals surface area contributed by atoms with Crippen LogP contribution in [0.15, 0.2) is 24.5 Å². The first kappa shape index (κ1) is 21.4. The smallest absolute Gasteiger partial charge is 0.282 e. The molecule has 1 atom stereocenters. The van der Waals surface area contributed by atoms with Crippen molar-refractivity contribution >= 4 is 11.6 Å². The Morgan fingerprint density at radius 2 is 1.83 bits per heavy atom. The van der Waals surface area contributed by atoms with E-state index in [2.05, 4.69) is 15.5 Å². The van der Waals surface area contributed by atoms with Gasteiger partial charge < -0.3 is 5.32 Å². The molecule has 12 heteroatoms. The number of amides is 1. The third-order valence-electron chi connectivity index (χ3n) is 4.34. The number of nitrogens with zero attached hydrogens (tertiary/aromatic N) is 4. The topological polar surface area (TPSA) is 64.7 Å². The van der Waals surface area contributed by atoms with Crippen molar-refractivity contribution in [1.82, 2.24) is 19.6 Å². The van der Waals surface area contributed by atoms with Gasteiger partial charge in [-0.2, -0.15) is 10.2 Å². The van der Waals surface area contributed by atoms with Crippen LogP contribution in [0.1, 0.15) is 36.3 Å². The molecule has 0 radical (unpaired) electrons. The van der Waals surface area contributed by atoms with E-state index in [1.54, 1.807) is 0 Å². The van der Waals surface area contributed by atoms with Crippen LogP contribution in [-0.2, 0) is 11.3 Å². The van der Waals surface area contributed by atoms with E-state index >= 15 is 0 Å². The predicted molar refractivity (Wildman–Crippen MR) is 92.9 cm³/mol. The fourth-order valence-electron chi connectivity index (χ4n) is 2.79. The molecule has 1 unspecified atom stereocenters. The fourth-order valence-corrected chi connectivity index (χ4v) is 2.79. The molecule has 0 spiro atoms. The molecule has 0 aliphatic heterocycles. The van der Waals surface area contributed by atoms with Crippen LogP contribution in [-0.4, -0.2) is 25.5 Å². The molecule has 2 aromatic heterocycles. The van der Waals surface area contributed by atoms with Crippen LogP contribution >= 0.6 is 0 Å². The lowest BCUT2D eigenvalue weighted by atomic mass is 10.2. The van der Waals surface area contributed by atoms with Gasteiger partial charge in [0.25, 0.3) is 6.43 Å². The van der Waals surface area contributed by atoms with Crippen LogP contribution in [0.25, 0.3) is 0 Å². The van der Waals surface area contributed by atoms with Gasteiger partial charge in [0.2, 0.25) is 5.91 Å². The van der Waals surface area contributed by atoms with Crippen LogP contribution < -0.4 is 5.32 Å². The molecule has 1 amide bonds. The molecule has 0 fully saturated rings. The minimum Gasteiger partial charge on any atom is -0.322 e. The highest BCUT2D eigenvalue weighted by Crippen LogP contribution is 2.22. The van der Waals surface area contributed by atoms with Gasteiger partial charge in [-0.25, -0.2) is 26.3 Å². The zero-order valence-electron chi connectivity index (χ0n) is 15.6. The Morgan fingerprint density at radius 1 is 1.13 bits per heavy atom. The summed E-state index contributed by atoms with van der Waals surface area (Å²) in [5.74, 6) is -7.03. The van der Waals surface area contributed by atoms with Gasteiger partial charge in [0, 0.05) is 23.5 Å². The minimum absolute atomic E-state index is 0.133. The summed E-state index contributed by atoms with van der Waals surface area (Å²) in [6.07, 6.45) is -0.401. The highest BCUT2D eigenvalue weighted by molar-refractivity contribution is 5.93. The quantitative estimate of drug-likeness (QED) is 0.363. The van der Waals surface area contributed by atoms with Gasteiger partial charge in [0.1, 0.15) is 17.6 Å². The Balaban J connectivity index is 1.73. The number of hydrogen-bond donors (Lipinski definition) is 1. The largest absolute Gasteiger partial charge is 0.322 e. The third kappa shape index (κ3) is 4.16. The van der Waals surface area contributed by atoms with E-state index in [9.17, 15) is 31.1 Å². The summed E-state index contributed by atoms with van der Waals surface area (Å²) >= 11 is 0. The number of aryl methyl sites for hydroxylation is 1. The average Bonchev–Trinajstić information content (AvgIpc) is 3.29. The number of hydrogen-bond acceptors (Lipinski definition) is 3. The lowest BCUT2D eigenvalue weighted by Crippen LogP contribution is -2.25. The van der Waals surface area contributed by atoms with E-state index < -0.39 is 59.4 Å². The summed E-state index contributed by atoms with van der Waals surface area (Å²) in [4.78, 5) is 12.4. The number of halogens is 6. The molecule has 2 heterocycles. The SMILES string of the molecule is Cc1cc(C(F)F)nn1C(C)C(=O)Nc1cnn(Cc2c(F)cc(F)c(F)c2F)c1. The van der Waals surface area contributed by atoms with Crippen molar-refractivity contribution in [2.75, 3.05) is 5.32 Å². The van der Waals surface area contributed by atoms with Gasteiger partial charge >= 0.3 is 0 Å². The first-order chi connectivity index (χ1) is 14.1. The summed E-state index contributed by atoms with van der Waals surface area (Å²) in [5.41, 5.74) is -0.715. The fraction of sp³-hybridized carbons (Fsp3) is 0.278. The zero-order chi connectivity index (χ0) is 22.2. The molecule has 3 rings (SSSR count). The van der Waals surface area contributed by atoms with Gasteiger partial charge in [-0.05, 0) is 19.9 Å². The highest BCUT2D eigenvalue weighted by atomic mass is 19.3. The number of nitrogens with one attached hydrogen (secondary N) is 1. The molecule has 160 valence electrons. The van der Waals surface area contributed by atoms with E-state index in [0.717, 1.165) is 15.4 Å². The lowest BCUT2D eigenvalue weighted by Gasteiger charge is -2.13. The second kappa shape index (κ2) is 8.20. The number of anilines is 1. The Kier molecular flexibility index (Phi) is 5.85. The van der Waals surface area contributed by atoms with Crippen molar-refractivity contribution in [3.63, 3.8) is 0 Å². The summed E-state index contributed by atoms with van der Waals surface area (Å²) in [6.45, 7) is 2.41. The monoisotopic (exact) mass is 431 g/mol. The molecular formula is C18H15F6N5O. The molecule has 0 aliphatic rings. The molecule has 30 heavy (non-hydrogen) atoms. The normalized spacial score (nSPS) is 12.4. The second-order valence-electron chi connectivity index (χ2n) is 6.49. The van der Waals surface area contributed by atoms with Crippen molar-refractivity contribution in [3.8, 4) is 0 Å². The van der Waals surface area contributed by atoms with E-state index in [4.69, 9.17) is 0 Å². The number of benzene rings is 1. The molecule has 6 nitrogen and oxygen atoms in total. The lowest BCUT2D eigenvalue weighted by molar-refractivity contribution is -0.119. The number of carbonyl (C=O) groups excluding carboxylic acids is 1. The number of alkyl halides is 2. The van der Waals surface area contributed by atoms with Crippen molar-refractivity contribution in [1.29, 1.82) is 0 Å². The van der Waals surface area contributed by atoms with Gasteiger partial charge in [-0.3, -0.25) is 14.2 Å². The van der Waals surface area contributed by atoms with Crippen molar-refractivity contribution in [2.24, 2.45) is 0 Å². The van der Waals surface area contributed by atoms with Crippen LogP contribution in [0.3, 0.4) is 0 Å². The Labute approximate surface area is 166 Å². The second-order valence-corrected chi connectivity index (χ2v) is 6.49. The maximum atomic E-state index is 13.8. The summed E-state index contributed by atoms with van der Waals surface area (Å²) in [5, 5.41) is 9.98.